The Bertz CT molecular complexity index is 642. The zero-order chi connectivity index (χ0) is 24.7. The lowest BCUT2D eigenvalue weighted by molar-refractivity contribution is 0.150. The Balaban J connectivity index is 4.30. The molecule has 0 bridgehead atoms. The molecule has 0 aliphatic heterocycles. The molecule has 186 valence electrons. The van der Waals surface area contributed by atoms with Crippen LogP contribution in [0.15, 0.2) is 39.4 Å². The molecule has 0 spiro atoms. The first-order valence-electron chi connectivity index (χ1n) is 12.4. The predicted octanol–water partition coefficient (Wildman–Crippen LogP) is 9.17. The Morgan fingerprint density at radius 1 is 1.09 bits per heavy atom. The number of allylic oxidation sites excluding steroid dienone is 4. The van der Waals surface area contributed by atoms with Crippen molar-refractivity contribution in [3.8, 4) is 0 Å². The molecule has 0 aromatic heterocycles. The second-order valence-corrected chi connectivity index (χ2v) is 12.8. The molecule has 0 saturated heterocycles. The zero-order valence-electron chi connectivity index (χ0n) is 22.4. The van der Waals surface area contributed by atoms with Gasteiger partial charge in [0.15, 0.2) is 0 Å². The Morgan fingerprint density at radius 3 is 2.31 bits per heavy atom. The van der Waals surface area contributed by atoms with Crippen molar-refractivity contribution in [2.75, 3.05) is 0 Å². The lowest BCUT2D eigenvalue weighted by atomic mass is 9.97. The molecular weight excluding hydrogens is 430 g/mol. The molecule has 0 heterocycles. The van der Waals surface area contributed by atoms with Crippen LogP contribution in [0.1, 0.15) is 114 Å². The first-order valence-corrected chi connectivity index (χ1v) is 13.8. The van der Waals surface area contributed by atoms with Crippen LogP contribution in [0.4, 0.5) is 0 Å². The Hall–Kier alpha value is -0.450. The van der Waals surface area contributed by atoms with E-state index < -0.39 is 0 Å². The first-order chi connectivity index (χ1) is 14.9. The summed E-state index contributed by atoms with van der Waals surface area (Å²) in [4.78, 5) is 4.49. The van der Waals surface area contributed by atoms with E-state index in [0.29, 0.717) is 5.25 Å². The monoisotopic (exact) mass is 481 g/mol. The van der Waals surface area contributed by atoms with Crippen molar-refractivity contribution < 1.29 is 5.11 Å². The molecule has 3 unspecified atom stereocenters. The summed E-state index contributed by atoms with van der Waals surface area (Å²) in [5.74, 6) is 0.747. The van der Waals surface area contributed by atoms with E-state index in [-0.39, 0.29) is 10.9 Å². The summed E-state index contributed by atoms with van der Waals surface area (Å²) < 4.78 is 0.144. The van der Waals surface area contributed by atoms with E-state index in [9.17, 15) is 5.11 Å². The van der Waals surface area contributed by atoms with Crippen LogP contribution in [-0.2, 0) is 0 Å². The molecule has 0 aromatic rings. The van der Waals surface area contributed by atoms with Gasteiger partial charge in [0.25, 0.3) is 0 Å². The Kier molecular flexibility index (Phi) is 16.8. The summed E-state index contributed by atoms with van der Waals surface area (Å²) in [5, 5.41) is 12.4. The Labute approximate surface area is 209 Å². The second-order valence-electron chi connectivity index (χ2n) is 10.4. The standard InChI is InChI=1S/C28H51NOS2/c1-10-27(30)19-28(8,9)32-25(7)17-23(5)15-11-13-22(4)14-12-16-24(6)18-26(20-31)29-21(2)3/h14,18,20,23,25,27,30-31H,10-13,15-17,19H2,1-9H3/b22-14-,24-18+,26-20-. The fourth-order valence-corrected chi connectivity index (χ4v) is 6.03. The third kappa shape index (κ3) is 17.1. The fourth-order valence-electron chi connectivity index (χ4n) is 4.10. The van der Waals surface area contributed by atoms with Gasteiger partial charge in [-0.3, -0.25) is 4.99 Å². The van der Waals surface area contributed by atoms with Gasteiger partial charge in [-0.2, -0.15) is 11.8 Å². The van der Waals surface area contributed by atoms with Gasteiger partial charge in [0.05, 0.1) is 11.8 Å². The lowest BCUT2D eigenvalue weighted by Gasteiger charge is -2.30. The van der Waals surface area contributed by atoms with Gasteiger partial charge in [0.2, 0.25) is 0 Å². The maximum Gasteiger partial charge on any atom is 0.0688 e. The average molecular weight is 482 g/mol. The molecule has 0 radical (unpaired) electrons. The van der Waals surface area contributed by atoms with Crippen LogP contribution in [0.3, 0.4) is 0 Å². The van der Waals surface area contributed by atoms with Gasteiger partial charge in [0, 0.05) is 15.7 Å². The van der Waals surface area contributed by atoms with Gasteiger partial charge in [-0.05, 0) is 90.0 Å². The molecular formula is C28H51NOS2. The van der Waals surface area contributed by atoms with Crippen LogP contribution in [0.2, 0.25) is 0 Å². The van der Waals surface area contributed by atoms with Crippen molar-refractivity contribution in [3.05, 3.63) is 34.4 Å². The normalized spacial score (nSPS) is 16.7. The van der Waals surface area contributed by atoms with E-state index in [1.165, 1.54) is 36.8 Å². The summed E-state index contributed by atoms with van der Waals surface area (Å²) in [6, 6.07) is 0. The molecule has 3 atom stereocenters. The van der Waals surface area contributed by atoms with E-state index >= 15 is 0 Å². The summed E-state index contributed by atoms with van der Waals surface area (Å²) in [5.41, 5.74) is 4.83. The highest BCUT2D eigenvalue weighted by molar-refractivity contribution is 8.01. The number of aliphatic hydroxyl groups is 1. The summed E-state index contributed by atoms with van der Waals surface area (Å²) in [6.07, 6.45) is 13.2. The van der Waals surface area contributed by atoms with Crippen LogP contribution in [0, 0.1) is 5.92 Å². The van der Waals surface area contributed by atoms with Crippen LogP contribution in [-0.4, -0.2) is 26.9 Å². The summed E-state index contributed by atoms with van der Waals surface area (Å²) in [6.45, 7) is 19.8. The largest absolute Gasteiger partial charge is 0.393 e. The topological polar surface area (TPSA) is 32.6 Å². The van der Waals surface area contributed by atoms with Crippen molar-refractivity contribution in [2.45, 2.75) is 130 Å². The SMILES string of the molecule is CCC(O)CC(C)(C)SC(C)CC(C)CCC/C(C)=C\CC/C(C)=C/C(=C/S)N=C(C)C. The maximum absolute atomic E-state index is 10.00. The van der Waals surface area contributed by atoms with Gasteiger partial charge in [0.1, 0.15) is 0 Å². The highest BCUT2D eigenvalue weighted by atomic mass is 32.2. The average Bonchev–Trinajstić information content (AvgIpc) is 2.65. The molecule has 0 fully saturated rings. The van der Waals surface area contributed by atoms with Crippen LogP contribution < -0.4 is 0 Å². The van der Waals surface area contributed by atoms with Crippen LogP contribution >= 0.6 is 24.4 Å². The van der Waals surface area contributed by atoms with Crippen molar-refractivity contribution >= 4 is 30.1 Å². The third-order valence-corrected chi connectivity index (χ3v) is 7.30. The van der Waals surface area contributed by atoms with E-state index in [1.54, 1.807) is 5.41 Å². The minimum absolute atomic E-state index is 0.144. The van der Waals surface area contributed by atoms with Gasteiger partial charge < -0.3 is 5.11 Å². The van der Waals surface area contributed by atoms with Crippen molar-refractivity contribution in [3.63, 3.8) is 0 Å². The molecule has 0 amide bonds. The quantitative estimate of drug-likeness (QED) is 0.0996. The molecule has 2 nitrogen and oxygen atoms in total. The molecule has 0 saturated carbocycles. The van der Waals surface area contributed by atoms with Crippen molar-refractivity contribution in [1.82, 2.24) is 0 Å². The molecule has 1 N–H and O–H groups in total. The van der Waals surface area contributed by atoms with Crippen molar-refractivity contribution in [2.24, 2.45) is 10.9 Å². The summed E-state index contributed by atoms with van der Waals surface area (Å²) >= 11 is 6.31. The van der Waals surface area contributed by atoms with Crippen LogP contribution in [0.25, 0.3) is 0 Å². The van der Waals surface area contributed by atoms with Gasteiger partial charge in [-0.25, -0.2) is 0 Å². The third-order valence-electron chi connectivity index (χ3n) is 5.63. The Morgan fingerprint density at radius 2 is 1.75 bits per heavy atom. The van der Waals surface area contributed by atoms with E-state index in [2.05, 4.69) is 78.2 Å². The van der Waals surface area contributed by atoms with Gasteiger partial charge >= 0.3 is 0 Å². The number of thioether (sulfide) groups is 1. The number of hydrogen-bond acceptors (Lipinski definition) is 4. The lowest BCUT2D eigenvalue weighted by Crippen LogP contribution is -2.25. The van der Waals surface area contributed by atoms with E-state index in [1.807, 2.05) is 25.6 Å². The molecule has 0 aliphatic rings. The number of thiol groups is 1. The van der Waals surface area contributed by atoms with Crippen LogP contribution in [0.5, 0.6) is 0 Å². The highest BCUT2D eigenvalue weighted by Gasteiger charge is 2.25. The van der Waals surface area contributed by atoms with Gasteiger partial charge in [-0.15, -0.1) is 12.6 Å². The minimum Gasteiger partial charge on any atom is -0.393 e. The number of rotatable bonds is 16. The smallest absolute Gasteiger partial charge is 0.0688 e. The zero-order valence-corrected chi connectivity index (χ0v) is 24.1. The van der Waals surface area contributed by atoms with E-state index in [0.717, 1.165) is 43.0 Å². The van der Waals surface area contributed by atoms with Gasteiger partial charge in [-0.1, -0.05) is 58.3 Å². The minimum atomic E-state index is -0.174. The molecule has 4 heteroatoms. The predicted molar refractivity (Wildman–Crippen MR) is 152 cm³/mol. The second kappa shape index (κ2) is 17.1. The molecule has 32 heavy (non-hydrogen) atoms. The molecule has 0 aliphatic carbocycles. The molecule has 0 aromatic carbocycles. The van der Waals surface area contributed by atoms with Crippen molar-refractivity contribution in [1.29, 1.82) is 0 Å². The fraction of sp³-hybridized carbons (Fsp3) is 0.750. The summed E-state index contributed by atoms with van der Waals surface area (Å²) in [7, 11) is 0. The molecule has 0 rings (SSSR count). The number of nitrogens with zero attached hydrogens (tertiary/aromatic N) is 1. The number of aliphatic hydroxyl groups excluding tert-OH is 1. The number of aliphatic imine (C=N–C) groups is 1. The maximum atomic E-state index is 10.00. The first kappa shape index (κ1) is 31.6. The highest BCUT2D eigenvalue weighted by Crippen LogP contribution is 2.36. The van der Waals surface area contributed by atoms with E-state index in [4.69, 9.17) is 0 Å². The number of hydrogen-bond donors (Lipinski definition) is 2.